The number of nitrogens with one attached hydrogen (secondary N) is 1. The monoisotopic (exact) mass is 340 g/mol. The molecule has 2 heterocycles. The SMILES string of the molecule is O=C(Nc1ccc2c(c1)CCN2C(=O)C1CCCC1)c1cccs1. The fourth-order valence-electron chi connectivity index (χ4n) is 3.70. The Morgan fingerprint density at radius 2 is 2.00 bits per heavy atom. The highest BCUT2D eigenvalue weighted by Crippen LogP contribution is 2.35. The van der Waals surface area contributed by atoms with Crippen molar-refractivity contribution in [1.29, 1.82) is 0 Å². The van der Waals surface area contributed by atoms with E-state index in [2.05, 4.69) is 5.32 Å². The van der Waals surface area contributed by atoms with Gasteiger partial charge < -0.3 is 10.2 Å². The number of carbonyl (C=O) groups excluding carboxylic acids is 2. The maximum atomic E-state index is 12.7. The highest BCUT2D eigenvalue weighted by Gasteiger charge is 2.31. The zero-order chi connectivity index (χ0) is 16.5. The Labute approximate surface area is 145 Å². The van der Waals surface area contributed by atoms with Gasteiger partial charge in [0.05, 0.1) is 4.88 Å². The lowest BCUT2D eigenvalue weighted by Crippen LogP contribution is -2.33. The average Bonchev–Trinajstić information content (AvgIpc) is 3.33. The van der Waals surface area contributed by atoms with Crippen molar-refractivity contribution in [3.8, 4) is 0 Å². The molecule has 2 aromatic rings. The minimum atomic E-state index is -0.0816. The summed E-state index contributed by atoms with van der Waals surface area (Å²) < 4.78 is 0. The van der Waals surface area contributed by atoms with E-state index in [0.29, 0.717) is 4.88 Å². The molecule has 4 nitrogen and oxygen atoms in total. The van der Waals surface area contributed by atoms with E-state index in [-0.39, 0.29) is 17.7 Å². The normalized spacial score (nSPS) is 17.1. The number of nitrogens with zero attached hydrogens (tertiary/aromatic N) is 1. The van der Waals surface area contributed by atoms with E-state index < -0.39 is 0 Å². The molecule has 5 heteroatoms. The molecule has 0 bridgehead atoms. The van der Waals surface area contributed by atoms with Crippen LogP contribution in [0.3, 0.4) is 0 Å². The number of benzene rings is 1. The summed E-state index contributed by atoms with van der Waals surface area (Å²) in [6.45, 7) is 0.757. The summed E-state index contributed by atoms with van der Waals surface area (Å²) in [5, 5.41) is 4.83. The molecule has 2 aliphatic rings. The molecule has 1 fully saturated rings. The number of anilines is 2. The zero-order valence-corrected chi connectivity index (χ0v) is 14.3. The third-order valence-corrected chi connectivity index (χ3v) is 5.82. The number of fused-ring (bicyclic) bond motifs is 1. The van der Waals surface area contributed by atoms with Gasteiger partial charge in [-0.2, -0.15) is 0 Å². The van der Waals surface area contributed by atoms with Crippen molar-refractivity contribution < 1.29 is 9.59 Å². The molecule has 1 aliphatic carbocycles. The molecule has 4 rings (SSSR count). The lowest BCUT2D eigenvalue weighted by Gasteiger charge is -2.21. The minimum Gasteiger partial charge on any atom is -0.321 e. The maximum Gasteiger partial charge on any atom is 0.265 e. The summed E-state index contributed by atoms with van der Waals surface area (Å²) >= 11 is 1.43. The van der Waals surface area contributed by atoms with Crippen molar-refractivity contribution in [1.82, 2.24) is 0 Å². The third-order valence-electron chi connectivity index (χ3n) is 4.95. The van der Waals surface area contributed by atoms with Gasteiger partial charge in [0.2, 0.25) is 5.91 Å². The van der Waals surface area contributed by atoms with Crippen LogP contribution in [0.15, 0.2) is 35.7 Å². The van der Waals surface area contributed by atoms with E-state index in [9.17, 15) is 9.59 Å². The largest absolute Gasteiger partial charge is 0.321 e. The van der Waals surface area contributed by atoms with Crippen molar-refractivity contribution in [2.24, 2.45) is 5.92 Å². The lowest BCUT2D eigenvalue weighted by molar-refractivity contribution is -0.122. The van der Waals surface area contributed by atoms with Gasteiger partial charge in [0.1, 0.15) is 0 Å². The summed E-state index contributed by atoms with van der Waals surface area (Å²) in [5.74, 6) is 0.401. The van der Waals surface area contributed by atoms with Gasteiger partial charge in [-0.1, -0.05) is 18.9 Å². The molecule has 24 heavy (non-hydrogen) atoms. The van der Waals surface area contributed by atoms with Crippen LogP contribution in [-0.2, 0) is 11.2 Å². The molecule has 2 amide bonds. The Morgan fingerprint density at radius 3 is 2.75 bits per heavy atom. The van der Waals surface area contributed by atoms with Gasteiger partial charge >= 0.3 is 0 Å². The zero-order valence-electron chi connectivity index (χ0n) is 13.5. The van der Waals surface area contributed by atoms with Gasteiger partial charge in [-0.3, -0.25) is 9.59 Å². The second-order valence-corrected chi connectivity index (χ2v) is 7.44. The quantitative estimate of drug-likeness (QED) is 0.915. The standard InChI is InChI=1S/C19H20N2O2S/c22-18(17-6-3-11-24-17)20-15-7-8-16-14(12-15)9-10-21(16)19(23)13-4-1-2-5-13/h3,6-8,11-13H,1-2,4-5,9-10H2,(H,20,22). The van der Waals surface area contributed by atoms with Crippen LogP contribution >= 0.6 is 11.3 Å². The van der Waals surface area contributed by atoms with Crippen molar-refractivity contribution in [3.05, 3.63) is 46.2 Å². The van der Waals surface area contributed by atoms with Crippen LogP contribution < -0.4 is 10.2 Å². The van der Waals surface area contributed by atoms with Crippen LogP contribution in [0, 0.1) is 5.92 Å². The first kappa shape index (κ1) is 15.4. The van der Waals surface area contributed by atoms with E-state index in [1.165, 1.54) is 24.2 Å². The molecule has 1 aromatic carbocycles. The summed E-state index contributed by atoms with van der Waals surface area (Å²) in [6.07, 6.45) is 5.26. The summed E-state index contributed by atoms with van der Waals surface area (Å²) in [4.78, 5) is 27.5. The number of rotatable bonds is 3. The number of carbonyl (C=O) groups is 2. The third kappa shape index (κ3) is 2.84. The lowest BCUT2D eigenvalue weighted by atomic mass is 10.1. The summed E-state index contributed by atoms with van der Waals surface area (Å²) in [5.41, 5.74) is 2.95. The molecule has 0 radical (unpaired) electrons. The Bertz CT molecular complexity index is 764. The first-order valence-corrected chi connectivity index (χ1v) is 9.39. The first-order valence-electron chi connectivity index (χ1n) is 8.51. The van der Waals surface area contributed by atoms with Crippen LogP contribution in [0.1, 0.15) is 40.9 Å². The fraction of sp³-hybridized carbons (Fsp3) is 0.368. The van der Waals surface area contributed by atoms with E-state index >= 15 is 0 Å². The van der Waals surface area contributed by atoms with E-state index in [1.54, 1.807) is 0 Å². The molecular weight excluding hydrogens is 320 g/mol. The van der Waals surface area contributed by atoms with E-state index in [0.717, 1.165) is 42.7 Å². The maximum absolute atomic E-state index is 12.7. The fourth-order valence-corrected chi connectivity index (χ4v) is 4.32. The molecule has 124 valence electrons. The van der Waals surface area contributed by atoms with Crippen LogP contribution in [0.25, 0.3) is 0 Å². The highest BCUT2D eigenvalue weighted by atomic mass is 32.1. The van der Waals surface area contributed by atoms with Crippen LogP contribution in [-0.4, -0.2) is 18.4 Å². The van der Waals surface area contributed by atoms with Crippen LogP contribution in [0.2, 0.25) is 0 Å². The molecule has 1 aromatic heterocycles. The topological polar surface area (TPSA) is 49.4 Å². The first-order chi connectivity index (χ1) is 11.7. The molecule has 1 N–H and O–H groups in total. The Morgan fingerprint density at radius 1 is 1.17 bits per heavy atom. The molecule has 0 atom stereocenters. The van der Waals surface area contributed by atoms with Crippen LogP contribution in [0.5, 0.6) is 0 Å². The molecule has 0 spiro atoms. The average molecular weight is 340 g/mol. The number of thiophene rings is 1. The Balaban J connectivity index is 1.50. The van der Waals surface area contributed by atoms with Gasteiger partial charge in [0.25, 0.3) is 5.91 Å². The van der Waals surface area contributed by atoms with Crippen molar-refractivity contribution in [2.45, 2.75) is 32.1 Å². The van der Waals surface area contributed by atoms with Gasteiger partial charge in [-0.05, 0) is 54.5 Å². The highest BCUT2D eigenvalue weighted by molar-refractivity contribution is 7.12. The molecule has 0 saturated heterocycles. The predicted molar refractivity (Wildman–Crippen MR) is 96.7 cm³/mol. The molecular formula is C19H20N2O2S. The van der Waals surface area contributed by atoms with Crippen LogP contribution in [0.4, 0.5) is 11.4 Å². The summed E-state index contributed by atoms with van der Waals surface area (Å²) in [7, 11) is 0. The smallest absolute Gasteiger partial charge is 0.265 e. The van der Waals surface area contributed by atoms with E-state index in [4.69, 9.17) is 0 Å². The number of amides is 2. The molecule has 1 aliphatic heterocycles. The summed E-state index contributed by atoms with van der Waals surface area (Å²) in [6, 6.07) is 9.55. The van der Waals surface area contributed by atoms with Gasteiger partial charge in [0, 0.05) is 23.8 Å². The minimum absolute atomic E-state index is 0.0816. The van der Waals surface area contributed by atoms with Crippen molar-refractivity contribution >= 4 is 34.5 Å². The Hall–Kier alpha value is -2.14. The van der Waals surface area contributed by atoms with Gasteiger partial charge in [-0.15, -0.1) is 11.3 Å². The number of hydrogen-bond donors (Lipinski definition) is 1. The Kier molecular flexibility index (Phi) is 4.10. The second kappa shape index (κ2) is 6.40. The van der Waals surface area contributed by atoms with E-state index in [1.807, 2.05) is 40.6 Å². The number of hydrogen-bond acceptors (Lipinski definition) is 3. The van der Waals surface area contributed by atoms with Gasteiger partial charge in [-0.25, -0.2) is 0 Å². The van der Waals surface area contributed by atoms with Crippen molar-refractivity contribution in [3.63, 3.8) is 0 Å². The predicted octanol–water partition coefficient (Wildman–Crippen LogP) is 4.08. The molecule has 0 unspecified atom stereocenters. The molecule has 1 saturated carbocycles. The van der Waals surface area contributed by atoms with Gasteiger partial charge in [0.15, 0.2) is 0 Å². The second-order valence-electron chi connectivity index (χ2n) is 6.50. The van der Waals surface area contributed by atoms with Crippen molar-refractivity contribution in [2.75, 3.05) is 16.8 Å².